The molecule has 0 saturated carbocycles. The third kappa shape index (κ3) is 1.67. The van der Waals surface area contributed by atoms with Crippen molar-refractivity contribution in [1.82, 2.24) is 0 Å². The summed E-state index contributed by atoms with van der Waals surface area (Å²) in [6, 6.07) is 13.5. The van der Waals surface area contributed by atoms with Gasteiger partial charge in [0.2, 0.25) is 0 Å². The molecule has 0 heterocycles. The molecular weight excluding hydrogens is 240 g/mol. The highest BCUT2D eigenvalue weighted by Crippen LogP contribution is 2.52. The number of rotatable bonds is 0. The van der Waals surface area contributed by atoms with Crippen LogP contribution in [0.1, 0.15) is 56.9 Å². The summed E-state index contributed by atoms with van der Waals surface area (Å²) in [5.41, 5.74) is 9.06. The normalized spacial score (nSPS) is 15.9. The molecule has 1 aliphatic carbocycles. The molecule has 0 bridgehead atoms. The van der Waals surface area contributed by atoms with Gasteiger partial charge in [-0.3, -0.25) is 0 Å². The van der Waals surface area contributed by atoms with Crippen LogP contribution in [0.3, 0.4) is 0 Å². The lowest BCUT2D eigenvalue weighted by Gasteiger charge is -2.32. The van der Waals surface area contributed by atoms with Gasteiger partial charge in [0.05, 0.1) is 0 Å². The molecule has 0 aliphatic heterocycles. The van der Waals surface area contributed by atoms with Crippen LogP contribution in [-0.4, -0.2) is 0 Å². The van der Waals surface area contributed by atoms with Crippen LogP contribution in [0.15, 0.2) is 36.4 Å². The van der Waals surface area contributed by atoms with Gasteiger partial charge in [-0.05, 0) is 45.7 Å². The average molecular weight is 264 g/mol. The Kier molecular flexibility index (Phi) is 2.67. The van der Waals surface area contributed by atoms with Gasteiger partial charge in [0.15, 0.2) is 0 Å². The van der Waals surface area contributed by atoms with E-state index in [4.69, 9.17) is 0 Å². The number of aryl methyl sites for hydroxylation is 1. The summed E-state index contributed by atoms with van der Waals surface area (Å²) in [5.74, 6) is 0. The first-order valence-electron chi connectivity index (χ1n) is 7.49. The van der Waals surface area contributed by atoms with Crippen LogP contribution in [0.4, 0.5) is 0 Å². The maximum atomic E-state index is 2.37. The average Bonchev–Trinajstić information content (AvgIpc) is 2.58. The Hall–Kier alpha value is -1.56. The molecule has 2 aromatic rings. The van der Waals surface area contributed by atoms with Gasteiger partial charge in [-0.1, -0.05) is 71.0 Å². The van der Waals surface area contributed by atoms with E-state index in [1.807, 2.05) is 0 Å². The summed E-state index contributed by atoms with van der Waals surface area (Å²) in [6.45, 7) is 14.0. The first kappa shape index (κ1) is 13.4. The Morgan fingerprint density at radius 1 is 0.850 bits per heavy atom. The van der Waals surface area contributed by atoms with Crippen LogP contribution in [0.25, 0.3) is 11.1 Å². The van der Waals surface area contributed by atoms with Crippen molar-refractivity contribution in [3.63, 3.8) is 0 Å². The van der Waals surface area contributed by atoms with Crippen molar-refractivity contribution in [2.24, 2.45) is 0 Å². The molecule has 1 aliphatic rings. The van der Waals surface area contributed by atoms with Crippen LogP contribution in [-0.2, 0) is 10.8 Å². The van der Waals surface area contributed by atoms with Crippen molar-refractivity contribution in [2.75, 3.05) is 0 Å². The maximum absolute atomic E-state index is 2.37. The molecule has 0 atom stereocenters. The number of fused-ring (bicyclic) bond motifs is 3. The van der Waals surface area contributed by atoms with Gasteiger partial charge in [-0.2, -0.15) is 0 Å². The van der Waals surface area contributed by atoms with E-state index in [1.54, 1.807) is 0 Å². The van der Waals surface area contributed by atoms with E-state index in [1.165, 1.54) is 33.4 Å². The fourth-order valence-corrected chi connectivity index (χ4v) is 3.94. The number of hydrogen-bond acceptors (Lipinski definition) is 0. The first-order valence-corrected chi connectivity index (χ1v) is 7.49. The first-order chi connectivity index (χ1) is 9.24. The number of benzene rings is 2. The highest BCUT2D eigenvalue weighted by Gasteiger charge is 2.39. The summed E-state index contributed by atoms with van der Waals surface area (Å²) in [7, 11) is 0. The summed E-state index contributed by atoms with van der Waals surface area (Å²) in [6.07, 6.45) is 0. The van der Waals surface area contributed by atoms with Gasteiger partial charge in [-0.25, -0.2) is 0 Å². The van der Waals surface area contributed by atoms with E-state index in [2.05, 4.69) is 77.9 Å². The molecule has 0 radical (unpaired) electrons. The predicted molar refractivity (Wildman–Crippen MR) is 87.4 cm³/mol. The second-order valence-corrected chi connectivity index (χ2v) is 7.60. The van der Waals surface area contributed by atoms with E-state index in [0.29, 0.717) is 0 Å². The largest absolute Gasteiger partial charge is 0.0619 e. The Bertz CT molecular complexity index is 682. The fraction of sp³-hybridized carbons (Fsp3) is 0.400. The standard InChI is InChI=1S/C20H24/c1-13-11-12-15-14-9-7-8-10-16(14)20(5,6)18(15)17(13)19(2,3)4/h7-12H,1-6H3. The molecule has 0 aromatic heterocycles. The molecule has 0 N–H and O–H groups in total. The SMILES string of the molecule is Cc1ccc2c(c1C(C)(C)C)C(C)(C)c1ccccc1-2. The lowest BCUT2D eigenvalue weighted by Crippen LogP contribution is -2.24. The summed E-state index contributed by atoms with van der Waals surface area (Å²) in [4.78, 5) is 0. The van der Waals surface area contributed by atoms with E-state index < -0.39 is 0 Å². The van der Waals surface area contributed by atoms with Crippen LogP contribution in [0, 0.1) is 6.92 Å². The Morgan fingerprint density at radius 3 is 2.15 bits per heavy atom. The van der Waals surface area contributed by atoms with E-state index in [9.17, 15) is 0 Å². The smallest absolute Gasteiger partial charge is 0.0161 e. The molecule has 0 amide bonds. The third-order valence-corrected chi connectivity index (χ3v) is 4.68. The molecule has 0 fully saturated rings. The van der Waals surface area contributed by atoms with Gasteiger partial charge < -0.3 is 0 Å². The molecule has 0 saturated heterocycles. The summed E-state index contributed by atoms with van der Waals surface area (Å²) < 4.78 is 0. The highest BCUT2D eigenvalue weighted by atomic mass is 14.4. The van der Waals surface area contributed by atoms with Gasteiger partial charge >= 0.3 is 0 Å². The lowest BCUT2D eigenvalue weighted by atomic mass is 9.72. The zero-order chi connectivity index (χ0) is 14.7. The fourth-order valence-electron chi connectivity index (χ4n) is 3.94. The van der Waals surface area contributed by atoms with Crippen molar-refractivity contribution >= 4 is 0 Å². The molecule has 2 aromatic carbocycles. The molecule has 3 rings (SSSR count). The van der Waals surface area contributed by atoms with Crippen molar-refractivity contribution in [1.29, 1.82) is 0 Å². The molecule has 20 heavy (non-hydrogen) atoms. The second kappa shape index (κ2) is 3.97. The molecule has 0 spiro atoms. The highest BCUT2D eigenvalue weighted by molar-refractivity contribution is 5.82. The van der Waals surface area contributed by atoms with Crippen LogP contribution < -0.4 is 0 Å². The molecule has 0 nitrogen and oxygen atoms in total. The van der Waals surface area contributed by atoms with Gasteiger partial charge in [0, 0.05) is 5.41 Å². The van der Waals surface area contributed by atoms with Crippen molar-refractivity contribution in [2.45, 2.75) is 52.4 Å². The van der Waals surface area contributed by atoms with Gasteiger partial charge in [0.25, 0.3) is 0 Å². The summed E-state index contributed by atoms with van der Waals surface area (Å²) in [5, 5.41) is 0. The predicted octanol–water partition coefficient (Wildman–Crippen LogP) is 5.60. The van der Waals surface area contributed by atoms with Gasteiger partial charge in [0.1, 0.15) is 0 Å². The summed E-state index contributed by atoms with van der Waals surface area (Å²) >= 11 is 0. The Labute approximate surface area is 122 Å². The second-order valence-electron chi connectivity index (χ2n) is 7.60. The van der Waals surface area contributed by atoms with Crippen molar-refractivity contribution in [3.05, 3.63) is 58.7 Å². The lowest BCUT2D eigenvalue weighted by molar-refractivity contribution is 0.553. The topological polar surface area (TPSA) is 0 Å². The zero-order valence-electron chi connectivity index (χ0n) is 13.5. The van der Waals surface area contributed by atoms with Crippen molar-refractivity contribution in [3.8, 4) is 11.1 Å². The van der Waals surface area contributed by atoms with Crippen LogP contribution >= 0.6 is 0 Å². The van der Waals surface area contributed by atoms with Crippen LogP contribution in [0.5, 0.6) is 0 Å². The third-order valence-electron chi connectivity index (χ3n) is 4.68. The van der Waals surface area contributed by atoms with E-state index >= 15 is 0 Å². The Balaban J connectivity index is 2.44. The maximum Gasteiger partial charge on any atom is 0.0161 e. The van der Waals surface area contributed by atoms with Crippen molar-refractivity contribution < 1.29 is 0 Å². The minimum absolute atomic E-state index is 0.0978. The van der Waals surface area contributed by atoms with Gasteiger partial charge in [-0.15, -0.1) is 0 Å². The molecule has 0 heteroatoms. The van der Waals surface area contributed by atoms with Crippen LogP contribution in [0.2, 0.25) is 0 Å². The number of hydrogen-bond donors (Lipinski definition) is 0. The monoisotopic (exact) mass is 264 g/mol. The zero-order valence-corrected chi connectivity index (χ0v) is 13.5. The van der Waals surface area contributed by atoms with E-state index in [-0.39, 0.29) is 10.8 Å². The minimum atomic E-state index is 0.0978. The molecular formula is C20H24. The quantitative estimate of drug-likeness (QED) is 0.581. The molecule has 0 unspecified atom stereocenters. The Morgan fingerprint density at radius 2 is 1.50 bits per heavy atom. The van der Waals surface area contributed by atoms with E-state index in [0.717, 1.165) is 0 Å². The molecule has 104 valence electrons. The minimum Gasteiger partial charge on any atom is -0.0619 e.